The van der Waals surface area contributed by atoms with Crippen LogP contribution in [0.1, 0.15) is 25.0 Å². The van der Waals surface area contributed by atoms with E-state index in [-0.39, 0.29) is 5.41 Å². The third-order valence-corrected chi connectivity index (χ3v) is 12.2. The summed E-state index contributed by atoms with van der Waals surface area (Å²) in [6.45, 7) is 4.72. The van der Waals surface area contributed by atoms with Gasteiger partial charge in [-0.25, -0.2) is 15.0 Å². The molecule has 11 rings (SSSR count). The monoisotopic (exact) mass is 696 g/mol. The number of fused-ring (bicyclic) bond motifs is 10. The van der Waals surface area contributed by atoms with Crippen LogP contribution in [0.15, 0.2) is 158 Å². The lowest BCUT2D eigenvalue weighted by Crippen LogP contribution is -2.14. The van der Waals surface area contributed by atoms with E-state index in [4.69, 9.17) is 15.0 Å². The van der Waals surface area contributed by atoms with Gasteiger partial charge in [0.05, 0.1) is 11.0 Å². The lowest BCUT2D eigenvalue weighted by molar-refractivity contribution is 0.661. The van der Waals surface area contributed by atoms with Gasteiger partial charge >= 0.3 is 0 Å². The van der Waals surface area contributed by atoms with Gasteiger partial charge in [0.1, 0.15) is 0 Å². The highest BCUT2D eigenvalue weighted by Crippen LogP contribution is 2.52. The highest BCUT2D eigenvalue weighted by atomic mass is 32.1. The number of hydrogen-bond acceptors (Lipinski definition) is 4. The van der Waals surface area contributed by atoms with Crippen molar-refractivity contribution >= 4 is 53.3 Å². The van der Waals surface area contributed by atoms with Crippen molar-refractivity contribution in [2.75, 3.05) is 0 Å². The standard InChI is InChI=1S/C48H32N4S/c1-48(2)38-21-13-12-20-33(38)36-27-37-41(28-39(36)48)52(32-18-10-5-11-19-32)40-25-24-35-34-23-22-31(26-42(34)53-44(35)43(37)40)47-50-45(29-14-6-3-7-15-29)49-46(51-47)30-16-8-4-9-17-30/h3-28H,1-2H3. The van der Waals surface area contributed by atoms with Crippen molar-refractivity contribution in [3.8, 4) is 51.0 Å². The molecule has 1 aliphatic carbocycles. The molecule has 5 heteroatoms. The maximum atomic E-state index is 5.03. The number of hydrogen-bond donors (Lipinski definition) is 0. The Morgan fingerprint density at radius 2 is 1.08 bits per heavy atom. The molecule has 0 unspecified atom stereocenters. The van der Waals surface area contributed by atoms with Crippen LogP contribution in [0.5, 0.6) is 0 Å². The molecule has 0 bridgehead atoms. The van der Waals surface area contributed by atoms with Crippen molar-refractivity contribution in [1.82, 2.24) is 19.5 Å². The van der Waals surface area contributed by atoms with Crippen molar-refractivity contribution in [1.29, 1.82) is 0 Å². The molecule has 7 aromatic carbocycles. The van der Waals surface area contributed by atoms with Crippen LogP contribution in [0.2, 0.25) is 0 Å². The lowest BCUT2D eigenvalue weighted by Gasteiger charge is -2.21. The summed E-state index contributed by atoms with van der Waals surface area (Å²) in [6.07, 6.45) is 0. The van der Waals surface area contributed by atoms with E-state index in [0.717, 1.165) is 16.7 Å². The largest absolute Gasteiger partial charge is 0.309 e. The van der Waals surface area contributed by atoms with Gasteiger partial charge in [-0.1, -0.05) is 135 Å². The second-order valence-electron chi connectivity index (χ2n) is 14.4. The van der Waals surface area contributed by atoms with Crippen molar-refractivity contribution < 1.29 is 0 Å². The molecule has 0 N–H and O–H groups in total. The van der Waals surface area contributed by atoms with Crippen LogP contribution in [-0.4, -0.2) is 19.5 Å². The van der Waals surface area contributed by atoms with Gasteiger partial charge in [-0.2, -0.15) is 0 Å². The van der Waals surface area contributed by atoms with E-state index in [2.05, 4.69) is 140 Å². The van der Waals surface area contributed by atoms with Gasteiger partial charge in [-0.05, 0) is 58.7 Å². The summed E-state index contributed by atoms with van der Waals surface area (Å²) in [5.41, 5.74) is 11.9. The molecule has 53 heavy (non-hydrogen) atoms. The fraction of sp³-hybridized carbons (Fsp3) is 0.0625. The summed E-state index contributed by atoms with van der Waals surface area (Å²) < 4.78 is 4.96. The van der Waals surface area contributed by atoms with E-state index in [9.17, 15) is 0 Å². The van der Waals surface area contributed by atoms with Gasteiger partial charge in [0.2, 0.25) is 0 Å². The van der Waals surface area contributed by atoms with Gasteiger partial charge < -0.3 is 4.57 Å². The Morgan fingerprint density at radius 3 is 1.77 bits per heavy atom. The van der Waals surface area contributed by atoms with E-state index in [1.54, 1.807) is 0 Å². The highest BCUT2D eigenvalue weighted by molar-refractivity contribution is 7.26. The highest BCUT2D eigenvalue weighted by Gasteiger charge is 2.36. The summed E-state index contributed by atoms with van der Waals surface area (Å²) >= 11 is 1.86. The smallest absolute Gasteiger partial charge is 0.164 e. The molecule has 0 amide bonds. The Labute approximate surface area is 310 Å². The van der Waals surface area contributed by atoms with Crippen LogP contribution in [0.3, 0.4) is 0 Å². The van der Waals surface area contributed by atoms with Gasteiger partial charge in [-0.3, -0.25) is 0 Å². The topological polar surface area (TPSA) is 43.6 Å². The summed E-state index contributed by atoms with van der Waals surface area (Å²) in [4.78, 5) is 15.0. The molecule has 3 aromatic heterocycles. The number of para-hydroxylation sites is 1. The second kappa shape index (κ2) is 11.3. The minimum absolute atomic E-state index is 0.0861. The van der Waals surface area contributed by atoms with Gasteiger partial charge in [0, 0.05) is 58.7 Å². The fourth-order valence-corrected chi connectivity index (χ4v) is 9.76. The lowest BCUT2D eigenvalue weighted by atomic mass is 9.82. The SMILES string of the molecule is CC1(C)c2ccccc2-c2cc3c4c5sc6cc(-c7nc(-c8ccccc8)nc(-c8ccccc8)n7)ccc6c5ccc4n(-c4ccccc4)c3cc21. The molecule has 3 heterocycles. The van der Waals surface area contributed by atoms with Crippen LogP contribution in [0.25, 0.3) is 93.0 Å². The predicted molar refractivity (Wildman–Crippen MR) is 221 cm³/mol. The second-order valence-corrected chi connectivity index (χ2v) is 15.5. The number of aromatic nitrogens is 4. The first kappa shape index (κ1) is 30.2. The third-order valence-electron chi connectivity index (χ3n) is 11.0. The first-order valence-electron chi connectivity index (χ1n) is 18.0. The molecule has 4 nitrogen and oxygen atoms in total. The van der Waals surface area contributed by atoms with Crippen LogP contribution < -0.4 is 0 Å². The maximum Gasteiger partial charge on any atom is 0.164 e. The number of nitrogens with zero attached hydrogens (tertiary/aromatic N) is 4. The van der Waals surface area contributed by atoms with Crippen LogP contribution in [-0.2, 0) is 5.41 Å². The Bertz CT molecular complexity index is 3010. The summed E-state index contributed by atoms with van der Waals surface area (Å²) in [5.74, 6) is 2.00. The van der Waals surface area contributed by atoms with Crippen LogP contribution in [0.4, 0.5) is 0 Å². The molecule has 0 radical (unpaired) electrons. The maximum absolute atomic E-state index is 5.03. The minimum Gasteiger partial charge on any atom is -0.309 e. The Morgan fingerprint density at radius 1 is 0.472 bits per heavy atom. The molecule has 0 saturated heterocycles. The number of thiophene rings is 1. The van der Waals surface area contributed by atoms with Crippen molar-refractivity contribution in [3.63, 3.8) is 0 Å². The molecule has 250 valence electrons. The molecule has 0 aliphatic heterocycles. The minimum atomic E-state index is -0.0861. The van der Waals surface area contributed by atoms with Crippen molar-refractivity contribution in [2.45, 2.75) is 19.3 Å². The van der Waals surface area contributed by atoms with Crippen molar-refractivity contribution in [2.24, 2.45) is 0 Å². The van der Waals surface area contributed by atoms with E-state index in [1.807, 2.05) is 47.7 Å². The molecule has 1 aliphatic rings. The predicted octanol–water partition coefficient (Wildman–Crippen LogP) is 12.6. The Hall–Kier alpha value is -6.43. The zero-order valence-electron chi connectivity index (χ0n) is 29.2. The molecule has 0 fully saturated rings. The molecule has 10 aromatic rings. The molecular formula is C48H32N4S. The van der Waals surface area contributed by atoms with Gasteiger partial charge in [0.15, 0.2) is 17.5 Å². The van der Waals surface area contributed by atoms with Gasteiger partial charge in [-0.15, -0.1) is 11.3 Å². The average molecular weight is 697 g/mol. The average Bonchev–Trinajstić information content (AvgIpc) is 3.83. The zero-order chi connectivity index (χ0) is 35.3. The molecular weight excluding hydrogens is 665 g/mol. The molecule has 0 spiro atoms. The third kappa shape index (κ3) is 4.51. The quantitative estimate of drug-likeness (QED) is 0.184. The zero-order valence-corrected chi connectivity index (χ0v) is 30.0. The normalized spacial score (nSPS) is 13.2. The first-order chi connectivity index (χ1) is 26.0. The molecule has 0 atom stereocenters. The van der Waals surface area contributed by atoms with Crippen LogP contribution in [0, 0.1) is 0 Å². The Balaban J connectivity index is 1.16. The molecule has 0 saturated carbocycles. The van der Waals surface area contributed by atoms with E-state index in [0.29, 0.717) is 17.5 Å². The van der Waals surface area contributed by atoms with E-state index in [1.165, 1.54) is 69.9 Å². The summed E-state index contributed by atoms with van der Waals surface area (Å²) in [7, 11) is 0. The number of benzene rings is 7. The van der Waals surface area contributed by atoms with E-state index >= 15 is 0 Å². The Kier molecular flexibility index (Phi) is 6.43. The van der Waals surface area contributed by atoms with Crippen molar-refractivity contribution in [3.05, 3.63) is 169 Å². The number of rotatable bonds is 4. The van der Waals surface area contributed by atoms with Crippen LogP contribution >= 0.6 is 11.3 Å². The first-order valence-corrected chi connectivity index (χ1v) is 18.9. The van der Waals surface area contributed by atoms with Gasteiger partial charge in [0.25, 0.3) is 0 Å². The fourth-order valence-electron chi connectivity index (χ4n) is 8.46. The summed E-state index contributed by atoms with van der Waals surface area (Å²) in [5, 5.41) is 5.09. The summed E-state index contributed by atoms with van der Waals surface area (Å²) in [6, 6.07) is 56.3. The van der Waals surface area contributed by atoms with E-state index < -0.39 is 0 Å².